The average Bonchev–Trinajstić information content (AvgIpc) is 3.15. The highest BCUT2D eigenvalue weighted by molar-refractivity contribution is 5.85. The SMILES string of the molecule is CCC(C)C(NC(=O)CNC1CC1)C(=O)OC. The molecule has 0 aliphatic heterocycles. The van der Waals surface area contributed by atoms with Crippen LogP contribution < -0.4 is 10.6 Å². The molecular formula is C12H22N2O3. The lowest BCUT2D eigenvalue weighted by Crippen LogP contribution is -2.48. The summed E-state index contributed by atoms with van der Waals surface area (Å²) < 4.78 is 4.70. The molecule has 1 saturated carbocycles. The van der Waals surface area contributed by atoms with Gasteiger partial charge in [-0.15, -0.1) is 0 Å². The molecule has 0 aromatic carbocycles. The van der Waals surface area contributed by atoms with Gasteiger partial charge in [0.05, 0.1) is 13.7 Å². The Morgan fingerprint density at radius 2 is 2.06 bits per heavy atom. The molecule has 0 bridgehead atoms. The maximum atomic E-state index is 11.6. The third-order valence-electron chi connectivity index (χ3n) is 3.11. The fraction of sp³-hybridized carbons (Fsp3) is 0.833. The molecule has 0 radical (unpaired) electrons. The molecule has 5 nitrogen and oxygen atoms in total. The van der Waals surface area contributed by atoms with Gasteiger partial charge in [-0.2, -0.15) is 0 Å². The molecule has 0 spiro atoms. The maximum Gasteiger partial charge on any atom is 0.328 e. The Labute approximate surface area is 102 Å². The number of esters is 1. The van der Waals surface area contributed by atoms with E-state index in [9.17, 15) is 9.59 Å². The summed E-state index contributed by atoms with van der Waals surface area (Å²) in [5, 5.41) is 5.84. The number of rotatable bonds is 7. The highest BCUT2D eigenvalue weighted by atomic mass is 16.5. The first kappa shape index (κ1) is 14.0. The molecule has 2 unspecified atom stereocenters. The van der Waals surface area contributed by atoms with E-state index in [1.807, 2.05) is 13.8 Å². The minimum Gasteiger partial charge on any atom is -0.467 e. The lowest BCUT2D eigenvalue weighted by molar-refractivity contribution is -0.146. The van der Waals surface area contributed by atoms with E-state index in [4.69, 9.17) is 4.74 Å². The van der Waals surface area contributed by atoms with Gasteiger partial charge in [-0.25, -0.2) is 4.79 Å². The predicted octanol–water partition coefficient (Wildman–Crippen LogP) is 0.442. The van der Waals surface area contributed by atoms with Crippen LogP contribution in [0.5, 0.6) is 0 Å². The predicted molar refractivity (Wildman–Crippen MR) is 64.4 cm³/mol. The zero-order valence-electron chi connectivity index (χ0n) is 10.8. The highest BCUT2D eigenvalue weighted by Gasteiger charge is 2.27. The van der Waals surface area contributed by atoms with E-state index in [-0.39, 0.29) is 24.3 Å². The summed E-state index contributed by atoms with van der Waals surface area (Å²) in [6.45, 7) is 4.18. The Morgan fingerprint density at radius 1 is 1.41 bits per heavy atom. The van der Waals surface area contributed by atoms with E-state index >= 15 is 0 Å². The molecule has 1 fully saturated rings. The van der Waals surface area contributed by atoms with Crippen molar-refractivity contribution in [2.75, 3.05) is 13.7 Å². The summed E-state index contributed by atoms with van der Waals surface area (Å²) in [5.41, 5.74) is 0. The van der Waals surface area contributed by atoms with Gasteiger partial charge >= 0.3 is 5.97 Å². The van der Waals surface area contributed by atoms with Crippen LogP contribution in [0.15, 0.2) is 0 Å². The lowest BCUT2D eigenvalue weighted by atomic mass is 9.99. The van der Waals surface area contributed by atoms with Crippen LogP contribution in [-0.4, -0.2) is 37.6 Å². The number of ether oxygens (including phenoxy) is 1. The van der Waals surface area contributed by atoms with Crippen LogP contribution >= 0.6 is 0 Å². The van der Waals surface area contributed by atoms with Gasteiger partial charge in [-0.1, -0.05) is 20.3 Å². The minimum absolute atomic E-state index is 0.0762. The van der Waals surface area contributed by atoms with Crippen LogP contribution in [0.25, 0.3) is 0 Å². The van der Waals surface area contributed by atoms with E-state index in [0.717, 1.165) is 19.3 Å². The van der Waals surface area contributed by atoms with Crippen molar-refractivity contribution in [3.05, 3.63) is 0 Å². The molecule has 0 aromatic heterocycles. The second kappa shape index (κ2) is 6.59. The monoisotopic (exact) mass is 242 g/mol. The third kappa shape index (κ3) is 4.73. The summed E-state index contributed by atoms with van der Waals surface area (Å²) in [6.07, 6.45) is 3.09. The normalized spacial score (nSPS) is 18.3. The van der Waals surface area contributed by atoms with E-state index < -0.39 is 6.04 Å². The lowest BCUT2D eigenvalue weighted by Gasteiger charge is -2.21. The summed E-state index contributed by atoms with van der Waals surface area (Å²) in [6, 6.07) is -0.0561. The molecule has 1 aliphatic carbocycles. The Hall–Kier alpha value is -1.10. The smallest absolute Gasteiger partial charge is 0.328 e. The number of hydrogen-bond donors (Lipinski definition) is 2. The van der Waals surface area contributed by atoms with Crippen molar-refractivity contribution in [2.45, 2.75) is 45.2 Å². The quantitative estimate of drug-likeness (QED) is 0.636. The summed E-state index contributed by atoms with van der Waals surface area (Å²) in [4.78, 5) is 23.2. The first-order chi connectivity index (χ1) is 8.08. The molecule has 0 aromatic rings. The van der Waals surface area contributed by atoms with Gasteiger partial charge < -0.3 is 15.4 Å². The fourth-order valence-electron chi connectivity index (χ4n) is 1.55. The number of carbonyl (C=O) groups is 2. The first-order valence-corrected chi connectivity index (χ1v) is 6.19. The standard InChI is InChI=1S/C12H22N2O3/c1-4-8(2)11(12(16)17-3)14-10(15)7-13-9-5-6-9/h8-9,11,13H,4-7H2,1-3H3,(H,14,15). The summed E-state index contributed by atoms with van der Waals surface area (Å²) in [7, 11) is 1.34. The summed E-state index contributed by atoms with van der Waals surface area (Å²) in [5.74, 6) is -0.445. The van der Waals surface area contributed by atoms with Crippen molar-refractivity contribution in [1.29, 1.82) is 0 Å². The van der Waals surface area contributed by atoms with E-state index in [1.54, 1.807) is 0 Å². The molecule has 0 heterocycles. The van der Waals surface area contributed by atoms with Gasteiger partial charge in [0.25, 0.3) is 0 Å². The second-order valence-electron chi connectivity index (χ2n) is 4.61. The van der Waals surface area contributed by atoms with Crippen molar-refractivity contribution in [3.63, 3.8) is 0 Å². The number of methoxy groups -OCH3 is 1. The van der Waals surface area contributed by atoms with Crippen molar-refractivity contribution in [3.8, 4) is 0 Å². The van der Waals surface area contributed by atoms with Gasteiger partial charge in [0.1, 0.15) is 6.04 Å². The third-order valence-corrected chi connectivity index (χ3v) is 3.11. The zero-order chi connectivity index (χ0) is 12.8. The Bertz CT molecular complexity index is 277. The molecular weight excluding hydrogens is 220 g/mol. The minimum atomic E-state index is -0.543. The molecule has 0 saturated heterocycles. The number of nitrogens with one attached hydrogen (secondary N) is 2. The first-order valence-electron chi connectivity index (χ1n) is 6.19. The second-order valence-corrected chi connectivity index (χ2v) is 4.61. The van der Waals surface area contributed by atoms with E-state index in [0.29, 0.717) is 6.04 Å². The van der Waals surface area contributed by atoms with Gasteiger partial charge in [0.2, 0.25) is 5.91 Å². The van der Waals surface area contributed by atoms with Crippen LogP contribution in [0.1, 0.15) is 33.1 Å². The van der Waals surface area contributed by atoms with Crippen LogP contribution in [0.4, 0.5) is 0 Å². The number of hydrogen-bond acceptors (Lipinski definition) is 4. The van der Waals surface area contributed by atoms with E-state index in [1.165, 1.54) is 7.11 Å². The molecule has 98 valence electrons. The van der Waals surface area contributed by atoms with Gasteiger partial charge in [0, 0.05) is 6.04 Å². The Kier molecular flexibility index (Phi) is 5.41. The molecule has 1 aliphatic rings. The largest absolute Gasteiger partial charge is 0.467 e. The van der Waals surface area contributed by atoms with Crippen molar-refractivity contribution < 1.29 is 14.3 Å². The fourth-order valence-corrected chi connectivity index (χ4v) is 1.55. The molecule has 2 N–H and O–H groups in total. The molecule has 5 heteroatoms. The van der Waals surface area contributed by atoms with Crippen LogP contribution in [-0.2, 0) is 14.3 Å². The van der Waals surface area contributed by atoms with Gasteiger partial charge in [-0.3, -0.25) is 4.79 Å². The molecule has 17 heavy (non-hydrogen) atoms. The van der Waals surface area contributed by atoms with Gasteiger partial charge in [-0.05, 0) is 18.8 Å². The van der Waals surface area contributed by atoms with E-state index in [2.05, 4.69) is 10.6 Å². The van der Waals surface area contributed by atoms with Crippen LogP contribution in [0.3, 0.4) is 0 Å². The average molecular weight is 242 g/mol. The molecule has 1 amide bonds. The Balaban J connectivity index is 2.40. The van der Waals surface area contributed by atoms with Gasteiger partial charge in [0.15, 0.2) is 0 Å². The van der Waals surface area contributed by atoms with Crippen molar-refractivity contribution >= 4 is 11.9 Å². The van der Waals surface area contributed by atoms with Crippen LogP contribution in [0, 0.1) is 5.92 Å². The number of carbonyl (C=O) groups excluding carboxylic acids is 2. The molecule has 1 rings (SSSR count). The van der Waals surface area contributed by atoms with Crippen LogP contribution in [0.2, 0.25) is 0 Å². The summed E-state index contributed by atoms with van der Waals surface area (Å²) >= 11 is 0. The zero-order valence-corrected chi connectivity index (χ0v) is 10.8. The maximum absolute atomic E-state index is 11.6. The Morgan fingerprint density at radius 3 is 2.53 bits per heavy atom. The van der Waals surface area contributed by atoms with Crippen molar-refractivity contribution in [1.82, 2.24) is 10.6 Å². The molecule has 2 atom stereocenters. The van der Waals surface area contributed by atoms with Crippen molar-refractivity contribution in [2.24, 2.45) is 5.92 Å². The topological polar surface area (TPSA) is 67.4 Å². The number of amides is 1. The highest BCUT2D eigenvalue weighted by Crippen LogP contribution is 2.18.